The molecule has 0 bridgehead atoms. The summed E-state index contributed by atoms with van der Waals surface area (Å²) in [6, 6.07) is 7.78. The number of hydrogen-bond donors (Lipinski definition) is 0. The molecule has 1 aromatic heterocycles. The van der Waals surface area contributed by atoms with Gasteiger partial charge >= 0.3 is 0 Å². The number of aromatic nitrogens is 2. The van der Waals surface area contributed by atoms with E-state index in [1.54, 1.807) is 7.11 Å². The first-order chi connectivity index (χ1) is 14.0. The van der Waals surface area contributed by atoms with Gasteiger partial charge in [-0.25, -0.2) is 9.97 Å². The molecule has 29 heavy (non-hydrogen) atoms. The topological polar surface area (TPSA) is 67.8 Å². The Morgan fingerprint density at radius 2 is 1.97 bits per heavy atom. The fraction of sp³-hybridized carbons (Fsp3) is 0.500. The number of aryl methyl sites for hydroxylation is 1. The van der Waals surface area contributed by atoms with Crippen LogP contribution in [0.25, 0.3) is 0 Å². The number of benzene rings is 1. The van der Waals surface area contributed by atoms with Gasteiger partial charge in [-0.1, -0.05) is 12.5 Å². The van der Waals surface area contributed by atoms with E-state index in [0.29, 0.717) is 23.3 Å². The highest BCUT2D eigenvalue weighted by molar-refractivity contribution is 5.80. The monoisotopic (exact) mass is 396 g/mol. The van der Waals surface area contributed by atoms with Gasteiger partial charge in [0.25, 0.3) is 0 Å². The molecule has 2 aromatic rings. The summed E-state index contributed by atoms with van der Waals surface area (Å²) < 4.78 is 11.4. The lowest BCUT2D eigenvalue weighted by molar-refractivity contribution is -0.140. The van der Waals surface area contributed by atoms with Gasteiger partial charge in [-0.15, -0.1) is 0 Å². The highest BCUT2D eigenvalue weighted by Crippen LogP contribution is 2.33. The minimum atomic E-state index is 0.161. The average molecular weight is 396 g/mol. The first-order valence-electron chi connectivity index (χ1n) is 10.2. The average Bonchev–Trinajstić information content (AvgIpc) is 2.68. The molecule has 0 N–H and O–H groups in total. The largest absolute Gasteiger partial charge is 0.493 e. The van der Waals surface area contributed by atoms with Gasteiger partial charge in [0, 0.05) is 37.7 Å². The van der Waals surface area contributed by atoms with Crippen LogP contribution in [-0.4, -0.2) is 53.6 Å². The van der Waals surface area contributed by atoms with Gasteiger partial charge in [-0.2, -0.15) is 0 Å². The molecule has 0 spiro atoms. The van der Waals surface area contributed by atoms with Crippen LogP contribution in [0.2, 0.25) is 0 Å². The lowest BCUT2D eigenvalue weighted by Gasteiger charge is -2.43. The zero-order chi connectivity index (χ0) is 20.4. The maximum absolute atomic E-state index is 12.6. The minimum Gasteiger partial charge on any atom is -0.493 e. The number of anilines is 1. The Balaban J connectivity index is 1.45. The number of carbonyl (C=O) groups is 1. The van der Waals surface area contributed by atoms with Crippen LogP contribution in [0.5, 0.6) is 17.4 Å². The molecule has 1 saturated carbocycles. The summed E-state index contributed by atoms with van der Waals surface area (Å²) in [6.45, 7) is 6.35. The summed E-state index contributed by atoms with van der Waals surface area (Å²) in [5, 5.41) is 0. The second-order valence-corrected chi connectivity index (χ2v) is 7.93. The molecule has 1 aliphatic carbocycles. The summed E-state index contributed by atoms with van der Waals surface area (Å²) >= 11 is 0. The third kappa shape index (κ3) is 4.13. The lowest BCUT2D eigenvalue weighted by atomic mass is 9.84. The van der Waals surface area contributed by atoms with Crippen molar-refractivity contribution in [1.29, 1.82) is 0 Å². The fourth-order valence-electron chi connectivity index (χ4n) is 3.91. The number of ether oxygens (including phenoxy) is 2. The van der Waals surface area contributed by atoms with E-state index in [-0.39, 0.29) is 12.0 Å². The molecule has 1 atom stereocenters. The summed E-state index contributed by atoms with van der Waals surface area (Å²) in [5.41, 5.74) is 1.10. The van der Waals surface area contributed by atoms with Crippen LogP contribution in [0.4, 0.5) is 5.82 Å². The van der Waals surface area contributed by atoms with Crippen molar-refractivity contribution in [2.45, 2.75) is 39.2 Å². The Morgan fingerprint density at radius 1 is 1.14 bits per heavy atom. The summed E-state index contributed by atoms with van der Waals surface area (Å²) in [6.07, 6.45) is 4.78. The summed E-state index contributed by atoms with van der Waals surface area (Å²) in [4.78, 5) is 25.5. The number of rotatable bonds is 5. The number of carbonyl (C=O) groups excluding carboxylic acids is 1. The van der Waals surface area contributed by atoms with Crippen molar-refractivity contribution in [3.05, 3.63) is 36.2 Å². The molecule has 4 rings (SSSR count). The third-order valence-electron chi connectivity index (χ3n) is 5.85. The van der Waals surface area contributed by atoms with Gasteiger partial charge in [0.15, 0.2) is 11.5 Å². The molecule has 1 amide bonds. The normalized spacial score (nSPS) is 19.6. The lowest BCUT2D eigenvalue weighted by Crippen LogP contribution is -2.56. The molecular formula is C22H28N4O3. The quantitative estimate of drug-likeness (QED) is 0.771. The molecule has 154 valence electrons. The molecule has 2 heterocycles. The highest BCUT2D eigenvalue weighted by Gasteiger charge is 2.34. The van der Waals surface area contributed by atoms with Crippen molar-refractivity contribution in [2.75, 3.05) is 31.6 Å². The summed E-state index contributed by atoms with van der Waals surface area (Å²) in [5.74, 6) is 3.13. The van der Waals surface area contributed by atoms with Crippen LogP contribution in [0, 0.1) is 12.8 Å². The predicted octanol–water partition coefficient (Wildman–Crippen LogP) is 3.42. The van der Waals surface area contributed by atoms with Gasteiger partial charge in [0.05, 0.1) is 7.11 Å². The van der Waals surface area contributed by atoms with E-state index in [0.717, 1.165) is 43.9 Å². The number of methoxy groups -OCH3 is 1. The number of piperazine rings is 1. The van der Waals surface area contributed by atoms with Crippen LogP contribution in [0.3, 0.4) is 0 Å². The smallest absolute Gasteiger partial charge is 0.226 e. The molecule has 0 radical (unpaired) electrons. The van der Waals surface area contributed by atoms with Gasteiger partial charge in [0.2, 0.25) is 11.8 Å². The van der Waals surface area contributed by atoms with Gasteiger partial charge in [-0.3, -0.25) is 4.79 Å². The molecule has 2 aliphatic rings. The Bertz CT molecular complexity index is 884. The molecule has 0 unspecified atom stereocenters. The molecule has 2 fully saturated rings. The van der Waals surface area contributed by atoms with Gasteiger partial charge in [0.1, 0.15) is 12.1 Å². The Hall–Kier alpha value is -2.83. The van der Waals surface area contributed by atoms with Crippen LogP contribution < -0.4 is 14.4 Å². The van der Waals surface area contributed by atoms with Crippen molar-refractivity contribution in [3.8, 4) is 17.4 Å². The number of hydrogen-bond acceptors (Lipinski definition) is 6. The first-order valence-corrected chi connectivity index (χ1v) is 10.2. The number of amides is 1. The van der Waals surface area contributed by atoms with Crippen molar-refractivity contribution in [1.82, 2.24) is 14.9 Å². The summed E-state index contributed by atoms with van der Waals surface area (Å²) in [7, 11) is 1.62. The maximum Gasteiger partial charge on any atom is 0.226 e. The Labute approximate surface area is 171 Å². The van der Waals surface area contributed by atoms with Crippen LogP contribution in [0.15, 0.2) is 30.6 Å². The van der Waals surface area contributed by atoms with Crippen LogP contribution in [0.1, 0.15) is 31.7 Å². The number of nitrogens with zero attached hydrogens (tertiary/aromatic N) is 4. The van der Waals surface area contributed by atoms with Gasteiger partial charge < -0.3 is 19.3 Å². The van der Waals surface area contributed by atoms with E-state index in [2.05, 4.69) is 21.8 Å². The second kappa shape index (κ2) is 8.27. The molecular weight excluding hydrogens is 368 g/mol. The molecule has 1 aliphatic heterocycles. The van der Waals surface area contributed by atoms with Gasteiger partial charge in [-0.05, 0) is 44.4 Å². The van der Waals surface area contributed by atoms with E-state index in [1.165, 1.54) is 12.7 Å². The maximum atomic E-state index is 12.6. The minimum absolute atomic E-state index is 0.161. The van der Waals surface area contributed by atoms with Crippen LogP contribution >= 0.6 is 0 Å². The predicted molar refractivity (Wildman–Crippen MR) is 111 cm³/mol. The highest BCUT2D eigenvalue weighted by atomic mass is 16.5. The zero-order valence-electron chi connectivity index (χ0n) is 17.3. The molecule has 1 aromatic carbocycles. The van der Waals surface area contributed by atoms with Crippen LogP contribution in [-0.2, 0) is 4.79 Å². The first kappa shape index (κ1) is 19.5. The van der Waals surface area contributed by atoms with E-state index in [9.17, 15) is 4.79 Å². The molecule has 1 saturated heterocycles. The fourth-order valence-corrected chi connectivity index (χ4v) is 3.91. The van der Waals surface area contributed by atoms with E-state index in [1.807, 2.05) is 36.1 Å². The second-order valence-electron chi connectivity index (χ2n) is 7.93. The van der Waals surface area contributed by atoms with Crippen molar-refractivity contribution < 1.29 is 14.3 Å². The Morgan fingerprint density at radius 3 is 2.66 bits per heavy atom. The van der Waals surface area contributed by atoms with E-state index in [4.69, 9.17) is 9.47 Å². The molecule has 7 nitrogen and oxygen atoms in total. The zero-order valence-corrected chi connectivity index (χ0v) is 17.3. The van der Waals surface area contributed by atoms with E-state index < -0.39 is 0 Å². The third-order valence-corrected chi connectivity index (χ3v) is 5.85. The van der Waals surface area contributed by atoms with E-state index >= 15 is 0 Å². The standard InChI is InChI=1S/C22H28N4O3/c1-15-7-8-18(19(11-15)28-3)29-21-12-20(23-14-24-21)25-9-10-26(16(2)13-25)22(27)17-5-4-6-17/h7-8,11-12,14,16-17H,4-6,9-10,13H2,1-3H3/t16-/m0/s1. The van der Waals surface area contributed by atoms with Crippen molar-refractivity contribution in [2.24, 2.45) is 5.92 Å². The SMILES string of the molecule is COc1cc(C)ccc1Oc1cc(N2CCN(C(=O)C3CCC3)[C@@H](C)C2)ncn1. The van der Waals surface area contributed by atoms with Crippen molar-refractivity contribution >= 4 is 11.7 Å². The van der Waals surface area contributed by atoms with Crippen molar-refractivity contribution in [3.63, 3.8) is 0 Å². The molecule has 7 heteroatoms. The Kier molecular flexibility index (Phi) is 5.56.